The molecule has 0 N–H and O–H groups in total. The molecule has 0 atom stereocenters. The van der Waals surface area contributed by atoms with Crippen molar-refractivity contribution in [1.29, 1.82) is 0 Å². The van der Waals surface area contributed by atoms with Gasteiger partial charge in [0.15, 0.2) is 0 Å². The van der Waals surface area contributed by atoms with Crippen molar-refractivity contribution in [3.8, 4) is 0 Å². The van der Waals surface area contributed by atoms with Gasteiger partial charge in [0.2, 0.25) is 0 Å². The predicted molar refractivity (Wildman–Crippen MR) is 68.9 cm³/mol. The smallest absolute Gasteiger partial charge is 0.0187 e. The number of benzene rings is 1. The van der Waals surface area contributed by atoms with E-state index < -0.39 is 0 Å². The monoisotopic (exact) mass is 200 g/mol. The van der Waals surface area contributed by atoms with Gasteiger partial charge in [-0.25, -0.2) is 0 Å². The lowest BCUT2D eigenvalue weighted by atomic mass is 10.0. The Bertz CT molecular complexity index is 328. The molecule has 0 fully saturated rings. The van der Waals surface area contributed by atoms with E-state index in [1.807, 2.05) is 13.0 Å². The zero-order valence-electron chi connectivity index (χ0n) is 9.79. The molecule has 0 unspecified atom stereocenters. The Morgan fingerprint density at radius 1 is 1.27 bits per heavy atom. The van der Waals surface area contributed by atoms with Crippen LogP contribution < -0.4 is 0 Å². The molecular weight excluding hydrogens is 180 g/mol. The maximum absolute atomic E-state index is 3.81. The first-order valence-electron chi connectivity index (χ1n) is 5.69. The molecule has 0 aromatic heterocycles. The van der Waals surface area contributed by atoms with Crippen LogP contribution in [-0.4, -0.2) is 0 Å². The van der Waals surface area contributed by atoms with Gasteiger partial charge in [-0.3, -0.25) is 0 Å². The number of allylic oxidation sites excluding steroid dienone is 3. The average molecular weight is 200 g/mol. The minimum absolute atomic E-state index is 1.19. The lowest BCUT2D eigenvalue weighted by Crippen LogP contribution is -1.86. The third kappa shape index (κ3) is 3.39. The lowest BCUT2D eigenvalue weighted by Gasteiger charge is -2.04. The summed E-state index contributed by atoms with van der Waals surface area (Å²) in [5.41, 5.74) is 3.89. The van der Waals surface area contributed by atoms with E-state index in [0.717, 1.165) is 0 Å². The number of unbranched alkanes of at least 4 members (excludes halogenated alkanes) is 1. The standard InChI is InChI=1S/C15H20/c1-4-7-8-13-9-11-15(12-10-13)14(5-2)6-3/h5-6,9-12H,2,4,7-8H2,1,3H3/b14-6+. The van der Waals surface area contributed by atoms with Crippen LogP contribution in [0.3, 0.4) is 0 Å². The largest absolute Gasteiger partial charge is 0.0985 e. The van der Waals surface area contributed by atoms with E-state index in [9.17, 15) is 0 Å². The topological polar surface area (TPSA) is 0 Å². The molecule has 0 bridgehead atoms. The fourth-order valence-corrected chi connectivity index (χ4v) is 1.65. The van der Waals surface area contributed by atoms with Crippen molar-refractivity contribution in [3.05, 3.63) is 54.1 Å². The molecule has 0 aliphatic rings. The first kappa shape index (κ1) is 11.8. The van der Waals surface area contributed by atoms with Gasteiger partial charge in [0.1, 0.15) is 0 Å². The summed E-state index contributed by atoms with van der Waals surface area (Å²) in [6, 6.07) is 8.81. The Morgan fingerprint density at radius 2 is 1.93 bits per heavy atom. The summed E-state index contributed by atoms with van der Waals surface area (Å²) >= 11 is 0. The summed E-state index contributed by atoms with van der Waals surface area (Å²) in [5, 5.41) is 0. The number of hydrogen-bond acceptors (Lipinski definition) is 0. The first-order chi connectivity index (χ1) is 7.31. The lowest BCUT2D eigenvalue weighted by molar-refractivity contribution is 0.795. The van der Waals surface area contributed by atoms with Crippen LogP contribution in [0, 0.1) is 0 Å². The summed E-state index contributed by atoms with van der Waals surface area (Å²) < 4.78 is 0. The SMILES string of the molecule is C=C/C(=C\C)c1ccc(CCCC)cc1. The Morgan fingerprint density at radius 3 is 2.40 bits per heavy atom. The molecule has 0 saturated heterocycles. The maximum Gasteiger partial charge on any atom is -0.0187 e. The maximum atomic E-state index is 3.81. The van der Waals surface area contributed by atoms with Crippen LogP contribution in [0.15, 0.2) is 43.0 Å². The van der Waals surface area contributed by atoms with Crippen LogP contribution in [-0.2, 0) is 6.42 Å². The number of hydrogen-bond donors (Lipinski definition) is 0. The van der Waals surface area contributed by atoms with Crippen molar-refractivity contribution in [2.75, 3.05) is 0 Å². The highest BCUT2D eigenvalue weighted by atomic mass is 14.0. The molecule has 80 valence electrons. The van der Waals surface area contributed by atoms with Crippen molar-refractivity contribution in [1.82, 2.24) is 0 Å². The summed E-state index contributed by atoms with van der Waals surface area (Å²) in [7, 11) is 0. The van der Waals surface area contributed by atoms with Crippen LogP contribution in [0.2, 0.25) is 0 Å². The van der Waals surface area contributed by atoms with Gasteiger partial charge in [-0.05, 0) is 36.5 Å². The van der Waals surface area contributed by atoms with Crippen molar-refractivity contribution in [2.45, 2.75) is 33.1 Å². The van der Waals surface area contributed by atoms with Crippen molar-refractivity contribution in [2.24, 2.45) is 0 Å². The second-order valence-electron chi connectivity index (χ2n) is 3.75. The van der Waals surface area contributed by atoms with Crippen LogP contribution in [0.5, 0.6) is 0 Å². The van der Waals surface area contributed by atoms with E-state index in [1.54, 1.807) is 0 Å². The summed E-state index contributed by atoms with van der Waals surface area (Å²) in [4.78, 5) is 0. The highest BCUT2D eigenvalue weighted by Crippen LogP contribution is 2.16. The Balaban J connectivity index is 2.75. The molecule has 1 aromatic carbocycles. The van der Waals surface area contributed by atoms with E-state index in [4.69, 9.17) is 0 Å². The van der Waals surface area contributed by atoms with Crippen molar-refractivity contribution >= 4 is 5.57 Å². The molecular formula is C15H20. The second kappa shape index (κ2) is 6.23. The minimum atomic E-state index is 1.19. The molecule has 0 nitrogen and oxygen atoms in total. The molecule has 0 spiro atoms. The molecule has 0 aliphatic carbocycles. The van der Waals surface area contributed by atoms with Crippen LogP contribution in [0.25, 0.3) is 5.57 Å². The van der Waals surface area contributed by atoms with Gasteiger partial charge in [0.25, 0.3) is 0 Å². The molecule has 0 aliphatic heterocycles. The summed E-state index contributed by atoms with van der Waals surface area (Å²) in [6.07, 6.45) is 7.72. The highest BCUT2D eigenvalue weighted by molar-refractivity contribution is 5.73. The fourth-order valence-electron chi connectivity index (χ4n) is 1.65. The van der Waals surface area contributed by atoms with Crippen LogP contribution >= 0.6 is 0 Å². The summed E-state index contributed by atoms with van der Waals surface area (Å²) in [5.74, 6) is 0. The average Bonchev–Trinajstić information content (AvgIpc) is 2.29. The number of aryl methyl sites for hydroxylation is 1. The van der Waals surface area contributed by atoms with Gasteiger partial charge in [-0.15, -0.1) is 0 Å². The van der Waals surface area contributed by atoms with Gasteiger partial charge in [0, 0.05) is 0 Å². The minimum Gasteiger partial charge on any atom is -0.0985 e. The molecule has 0 radical (unpaired) electrons. The van der Waals surface area contributed by atoms with E-state index >= 15 is 0 Å². The molecule has 15 heavy (non-hydrogen) atoms. The third-order valence-electron chi connectivity index (χ3n) is 2.64. The van der Waals surface area contributed by atoms with E-state index in [0.29, 0.717) is 0 Å². The predicted octanol–water partition coefficient (Wildman–Crippen LogP) is 4.62. The first-order valence-corrected chi connectivity index (χ1v) is 5.69. The van der Waals surface area contributed by atoms with Gasteiger partial charge < -0.3 is 0 Å². The van der Waals surface area contributed by atoms with Crippen LogP contribution in [0.4, 0.5) is 0 Å². The van der Waals surface area contributed by atoms with Crippen LogP contribution in [0.1, 0.15) is 37.8 Å². The van der Waals surface area contributed by atoms with E-state index in [2.05, 4.69) is 43.8 Å². The van der Waals surface area contributed by atoms with E-state index in [1.165, 1.54) is 36.0 Å². The summed E-state index contributed by atoms with van der Waals surface area (Å²) in [6.45, 7) is 8.08. The highest BCUT2D eigenvalue weighted by Gasteiger charge is 1.96. The quantitative estimate of drug-likeness (QED) is 0.608. The van der Waals surface area contributed by atoms with E-state index in [-0.39, 0.29) is 0 Å². The Kier molecular flexibility index (Phi) is 4.89. The number of rotatable bonds is 5. The van der Waals surface area contributed by atoms with Crippen molar-refractivity contribution < 1.29 is 0 Å². The molecule has 0 heteroatoms. The Labute approximate surface area is 93.3 Å². The fraction of sp³-hybridized carbons (Fsp3) is 0.333. The zero-order chi connectivity index (χ0) is 11.1. The van der Waals surface area contributed by atoms with Gasteiger partial charge in [-0.2, -0.15) is 0 Å². The van der Waals surface area contributed by atoms with Gasteiger partial charge in [0.05, 0.1) is 0 Å². The normalized spacial score (nSPS) is 11.5. The molecule has 0 heterocycles. The Hall–Kier alpha value is -1.30. The van der Waals surface area contributed by atoms with Gasteiger partial charge in [-0.1, -0.05) is 56.3 Å². The van der Waals surface area contributed by atoms with Gasteiger partial charge >= 0.3 is 0 Å². The zero-order valence-corrected chi connectivity index (χ0v) is 9.79. The molecule has 0 amide bonds. The molecule has 0 saturated carbocycles. The molecule has 1 rings (SSSR count). The third-order valence-corrected chi connectivity index (χ3v) is 2.64. The second-order valence-corrected chi connectivity index (χ2v) is 3.75. The molecule has 1 aromatic rings. The van der Waals surface area contributed by atoms with Crippen molar-refractivity contribution in [3.63, 3.8) is 0 Å².